The summed E-state index contributed by atoms with van der Waals surface area (Å²) in [6.45, 7) is 3.14. The van der Waals surface area contributed by atoms with Gasteiger partial charge in [-0.25, -0.2) is 8.42 Å². The molecule has 206 valence electrons. The van der Waals surface area contributed by atoms with Gasteiger partial charge in [-0.3, -0.25) is 9.69 Å². The Balaban J connectivity index is 1.40. The number of aliphatic hydroxyl groups excluding tert-OH is 1. The molecule has 0 amide bonds. The topological polar surface area (TPSA) is 113 Å². The number of unbranched alkanes of at least 4 members (excludes halogenated alkanes) is 1. The Labute approximate surface area is 224 Å². The number of aliphatic hydroxyl groups is 1. The molecule has 0 aromatic heterocycles. The van der Waals surface area contributed by atoms with E-state index in [0.717, 1.165) is 25.1 Å². The molecule has 2 fully saturated rings. The van der Waals surface area contributed by atoms with E-state index in [-0.39, 0.29) is 34.3 Å². The molecule has 8 nitrogen and oxygen atoms in total. The zero-order valence-corrected chi connectivity index (χ0v) is 22.3. The number of benzene rings is 2. The summed E-state index contributed by atoms with van der Waals surface area (Å²) in [4.78, 5) is 13.5. The maximum atomic E-state index is 12.9. The van der Waals surface area contributed by atoms with Crippen LogP contribution < -0.4 is 0 Å². The van der Waals surface area contributed by atoms with Crippen molar-refractivity contribution >= 4 is 15.8 Å². The number of hydrogen-bond acceptors (Lipinski definition) is 7. The van der Waals surface area contributed by atoms with E-state index in [1.807, 2.05) is 6.08 Å². The molecule has 4 atom stereocenters. The Kier molecular flexibility index (Phi) is 10.1. The number of carboxylic acid groups (broad SMARTS) is 1. The van der Waals surface area contributed by atoms with Gasteiger partial charge in [-0.15, -0.1) is 0 Å². The Morgan fingerprint density at radius 3 is 2.39 bits per heavy atom. The number of carboxylic acids is 1. The fourth-order valence-electron chi connectivity index (χ4n) is 5.38. The normalized spacial score (nSPS) is 24.7. The van der Waals surface area contributed by atoms with Crippen LogP contribution >= 0.6 is 0 Å². The first-order chi connectivity index (χ1) is 18.4. The van der Waals surface area contributed by atoms with Gasteiger partial charge in [0.15, 0.2) is 0 Å². The van der Waals surface area contributed by atoms with E-state index in [9.17, 15) is 18.3 Å². The summed E-state index contributed by atoms with van der Waals surface area (Å²) in [7, 11) is -3.57. The van der Waals surface area contributed by atoms with Crippen molar-refractivity contribution < 1.29 is 32.9 Å². The predicted octanol–water partition coefficient (Wildman–Crippen LogP) is 3.69. The fraction of sp³-hybridized carbons (Fsp3) is 0.483. The number of sulfone groups is 1. The van der Waals surface area contributed by atoms with E-state index in [0.29, 0.717) is 39.1 Å². The zero-order chi connectivity index (χ0) is 27.0. The molecule has 0 bridgehead atoms. The highest BCUT2D eigenvalue weighted by Gasteiger charge is 2.45. The van der Waals surface area contributed by atoms with E-state index < -0.39 is 21.9 Å². The Morgan fingerprint density at radius 2 is 1.71 bits per heavy atom. The first-order valence-corrected chi connectivity index (χ1v) is 14.7. The molecule has 2 aliphatic rings. The van der Waals surface area contributed by atoms with E-state index in [1.165, 1.54) is 0 Å². The molecule has 4 rings (SSSR count). The highest BCUT2D eigenvalue weighted by Crippen LogP contribution is 2.36. The Morgan fingerprint density at radius 1 is 1.03 bits per heavy atom. The van der Waals surface area contributed by atoms with Crippen LogP contribution in [0, 0.1) is 5.92 Å². The molecule has 2 aromatic rings. The summed E-state index contributed by atoms with van der Waals surface area (Å²) in [5.41, 5.74) is 0.865. The summed E-state index contributed by atoms with van der Waals surface area (Å²) in [5.74, 6) is -0.708. The second-order valence-electron chi connectivity index (χ2n) is 9.91. The summed E-state index contributed by atoms with van der Waals surface area (Å²) in [6, 6.07) is 15.1. The molecule has 2 N–H and O–H groups in total. The van der Waals surface area contributed by atoms with Gasteiger partial charge in [0.25, 0.3) is 0 Å². The summed E-state index contributed by atoms with van der Waals surface area (Å²) in [6.07, 6.45) is 6.14. The van der Waals surface area contributed by atoms with Crippen molar-refractivity contribution in [3.63, 3.8) is 0 Å². The number of morpholine rings is 1. The maximum absolute atomic E-state index is 12.9. The first-order valence-electron chi connectivity index (χ1n) is 13.2. The van der Waals surface area contributed by atoms with Crippen LogP contribution in [-0.4, -0.2) is 74.1 Å². The minimum absolute atomic E-state index is 0.0361. The molecule has 1 aliphatic carbocycles. The molecule has 1 saturated carbocycles. The van der Waals surface area contributed by atoms with Gasteiger partial charge in [-0.05, 0) is 49.1 Å². The second-order valence-corrected chi connectivity index (χ2v) is 11.9. The standard InChI is InChI=1S/C29H37NO7S/c31-26-20-27(25(10-6-1-2-7-11-28(32)33)29(26)30-16-18-36-19-17-30)37-21-22-12-14-24(15-13-22)38(34,35)23-8-4-3-5-9-23/h1,3-6,8-9,12-15,25-27,29,31H,2,7,10-11,16-21H2,(H,32,33)/b6-1-/t25-,26+,27-,29+/m0/s1. The van der Waals surface area contributed by atoms with E-state index in [4.69, 9.17) is 14.6 Å². The maximum Gasteiger partial charge on any atom is 0.303 e. The number of allylic oxidation sites excluding steroid dienone is 2. The minimum atomic E-state index is -3.57. The zero-order valence-electron chi connectivity index (χ0n) is 21.5. The van der Waals surface area contributed by atoms with Crippen molar-refractivity contribution in [2.75, 3.05) is 26.3 Å². The van der Waals surface area contributed by atoms with Gasteiger partial charge < -0.3 is 19.7 Å². The van der Waals surface area contributed by atoms with Crippen molar-refractivity contribution in [1.29, 1.82) is 0 Å². The smallest absolute Gasteiger partial charge is 0.303 e. The van der Waals surface area contributed by atoms with E-state index in [1.54, 1.807) is 54.6 Å². The van der Waals surface area contributed by atoms with Crippen LogP contribution in [0.3, 0.4) is 0 Å². The van der Waals surface area contributed by atoms with Crippen LogP contribution in [0.15, 0.2) is 76.5 Å². The molecule has 1 saturated heterocycles. The largest absolute Gasteiger partial charge is 0.481 e. The molecule has 38 heavy (non-hydrogen) atoms. The summed E-state index contributed by atoms with van der Waals surface area (Å²) >= 11 is 0. The highest BCUT2D eigenvalue weighted by molar-refractivity contribution is 7.91. The Hall–Kier alpha value is -2.56. The predicted molar refractivity (Wildman–Crippen MR) is 142 cm³/mol. The SMILES string of the molecule is O=C(O)CCC/C=C\C[C@@H]1[C@@H](N2CCOCC2)[C@H](O)C[C@@H]1OCc1ccc(S(=O)(=O)c2ccccc2)cc1. The lowest BCUT2D eigenvalue weighted by Crippen LogP contribution is -2.50. The van der Waals surface area contributed by atoms with Crippen molar-refractivity contribution in [3.05, 3.63) is 72.3 Å². The third kappa shape index (κ3) is 7.30. The van der Waals surface area contributed by atoms with Gasteiger partial charge in [0, 0.05) is 37.9 Å². The summed E-state index contributed by atoms with van der Waals surface area (Å²) < 4.78 is 37.6. The Bertz CT molecular complexity index is 1160. The second kappa shape index (κ2) is 13.5. The van der Waals surface area contributed by atoms with Gasteiger partial charge in [0.2, 0.25) is 9.84 Å². The van der Waals surface area contributed by atoms with Crippen LogP contribution in [-0.2, 0) is 30.7 Å². The van der Waals surface area contributed by atoms with Gasteiger partial charge in [0.05, 0.1) is 41.8 Å². The van der Waals surface area contributed by atoms with Crippen molar-refractivity contribution in [3.8, 4) is 0 Å². The van der Waals surface area contributed by atoms with Gasteiger partial charge in [-0.1, -0.05) is 42.5 Å². The lowest BCUT2D eigenvalue weighted by Gasteiger charge is -2.37. The number of hydrogen-bond donors (Lipinski definition) is 2. The summed E-state index contributed by atoms with van der Waals surface area (Å²) in [5, 5.41) is 19.8. The number of nitrogens with zero attached hydrogens (tertiary/aromatic N) is 1. The van der Waals surface area contributed by atoms with Crippen LogP contribution in [0.25, 0.3) is 0 Å². The molecule has 9 heteroatoms. The molecule has 2 aromatic carbocycles. The number of aliphatic carboxylic acids is 1. The van der Waals surface area contributed by atoms with Gasteiger partial charge >= 0.3 is 5.97 Å². The average molecular weight is 544 g/mol. The third-order valence-corrected chi connectivity index (χ3v) is 9.12. The van der Waals surface area contributed by atoms with Crippen LogP contribution in [0.4, 0.5) is 0 Å². The van der Waals surface area contributed by atoms with Gasteiger partial charge in [-0.2, -0.15) is 0 Å². The monoisotopic (exact) mass is 543 g/mol. The van der Waals surface area contributed by atoms with Crippen molar-refractivity contribution in [1.82, 2.24) is 4.90 Å². The average Bonchev–Trinajstić information content (AvgIpc) is 3.25. The highest BCUT2D eigenvalue weighted by atomic mass is 32.2. The number of ether oxygens (including phenoxy) is 2. The number of rotatable bonds is 12. The molecular formula is C29H37NO7S. The molecule has 0 spiro atoms. The lowest BCUT2D eigenvalue weighted by molar-refractivity contribution is -0.137. The van der Waals surface area contributed by atoms with Crippen molar-refractivity contribution in [2.24, 2.45) is 5.92 Å². The molecule has 0 radical (unpaired) electrons. The fourth-order valence-corrected chi connectivity index (χ4v) is 6.66. The van der Waals surface area contributed by atoms with Crippen molar-refractivity contribution in [2.45, 2.75) is 66.8 Å². The van der Waals surface area contributed by atoms with Gasteiger partial charge in [0.1, 0.15) is 0 Å². The molecule has 1 heterocycles. The molecular weight excluding hydrogens is 506 g/mol. The quantitative estimate of drug-likeness (QED) is 0.308. The first kappa shape index (κ1) is 28.4. The molecule has 1 aliphatic heterocycles. The van der Waals surface area contributed by atoms with Crippen LogP contribution in [0.2, 0.25) is 0 Å². The number of carbonyl (C=O) groups is 1. The minimum Gasteiger partial charge on any atom is -0.481 e. The molecule has 0 unspecified atom stereocenters. The van der Waals surface area contributed by atoms with Crippen LogP contribution in [0.5, 0.6) is 0 Å². The van der Waals surface area contributed by atoms with E-state index >= 15 is 0 Å². The lowest BCUT2D eigenvalue weighted by atomic mass is 9.94. The van der Waals surface area contributed by atoms with Crippen LogP contribution in [0.1, 0.15) is 37.7 Å². The third-order valence-electron chi connectivity index (χ3n) is 7.34. The van der Waals surface area contributed by atoms with E-state index in [2.05, 4.69) is 11.0 Å².